The molecule has 5 heteroatoms. The van der Waals surface area contributed by atoms with Gasteiger partial charge in [0.15, 0.2) is 0 Å². The number of aromatic nitrogens is 1. The lowest BCUT2D eigenvalue weighted by atomic mass is 10.1. The number of morpholine rings is 1. The molecule has 0 amide bonds. The lowest BCUT2D eigenvalue weighted by Gasteiger charge is -2.34. The Bertz CT molecular complexity index is 660. The molecule has 2 heterocycles. The van der Waals surface area contributed by atoms with E-state index in [0.29, 0.717) is 13.2 Å². The van der Waals surface area contributed by atoms with Crippen LogP contribution in [0.3, 0.4) is 0 Å². The Hall–Kier alpha value is -2.24. The Labute approximate surface area is 135 Å². The number of benzene rings is 1. The van der Waals surface area contributed by atoms with Crippen molar-refractivity contribution in [3.05, 3.63) is 54.2 Å². The molecule has 1 atom stereocenters. The average molecular weight is 312 g/mol. The second-order valence-corrected chi connectivity index (χ2v) is 5.71. The van der Waals surface area contributed by atoms with Gasteiger partial charge in [0.05, 0.1) is 25.3 Å². The number of aliphatic carboxylic acids is 1. The highest BCUT2D eigenvalue weighted by atomic mass is 16.5. The van der Waals surface area contributed by atoms with Gasteiger partial charge in [0.2, 0.25) is 0 Å². The van der Waals surface area contributed by atoms with E-state index in [-0.39, 0.29) is 12.5 Å². The lowest BCUT2D eigenvalue weighted by Crippen LogP contribution is -2.45. The van der Waals surface area contributed by atoms with E-state index in [9.17, 15) is 4.79 Å². The second-order valence-electron chi connectivity index (χ2n) is 5.71. The number of nitrogens with zero attached hydrogens (tertiary/aromatic N) is 2. The maximum Gasteiger partial charge on any atom is 0.305 e. The second kappa shape index (κ2) is 7.35. The van der Waals surface area contributed by atoms with E-state index in [0.717, 1.165) is 29.9 Å². The monoisotopic (exact) mass is 312 g/mol. The van der Waals surface area contributed by atoms with Crippen LogP contribution in [0, 0.1) is 0 Å². The number of carboxylic acid groups (broad SMARTS) is 1. The summed E-state index contributed by atoms with van der Waals surface area (Å²) in [7, 11) is 0. The third kappa shape index (κ3) is 4.15. The molecule has 5 nitrogen and oxygen atoms in total. The zero-order valence-corrected chi connectivity index (χ0v) is 12.9. The summed E-state index contributed by atoms with van der Waals surface area (Å²) in [5.41, 5.74) is 3.18. The van der Waals surface area contributed by atoms with Gasteiger partial charge in [-0.2, -0.15) is 0 Å². The minimum Gasteiger partial charge on any atom is -0.481 e. The first-order chi connectivity index (χ1) is 11.2. The highest BCUT2D eigenvalue weighted by Crippen LogP contribution is 2.20. The zero-order chi connectivity index (χ0) is 16.1. The number of hydrogen-bond donors (Lipinski definition) is 1. The fourth-order valence-corrected chi connectivity index (χ4v) is 2.88. The standard InChI is InChI=1S/C18H20N2O3/c21-18(22)11-16-13-23-9-8-20(16)12-14-4-3-5-15(10-14)17-6-1-2-7-19-17/h1-7,10,16H,8-9,11-13H2,(H,21,22). The predicted octanol–water partition coefficient (Wildman–Crippen LogP) is 2.42. The summed E-state index contributed by atoms with van der Waals surface area (Å²) < 4.78 is 5.43. The molecule has 1 aromatic carbocycles. The molecular formula is C18H20N2O3. The Morgan fingerprint density at radius 1 is 1.30 bits per heavy atom. The summed E-state index contributed by atoms with van der Waals surface area (Å²) >= 11 is 0. The lowest BCUT2D eigenvalue weighted by molar-refractivity contribution is -0.140. The molecule has 0 saturated carbocycles. The Balaban J connectivity index is 1.75. The van der Waals surface area contributed by atoms with Gasteiger partial charge in [-0.3, -0.25) is 14.7 Å². The van der Waals surface area contributed by atoms with Gasteiger partial charge in [-0.1, -0.05) is 24.3 Å². The Morgan fingerprint density at radius 2 is 2.22 bits per heavy atom. The molecule has 1 saturated heterocycles. The van der Waals surface area contributed by atoms with E-state index in [1.807, 2.05) is 30.3 Å². The number of ether oxygens (including phenoxy) is 1. The van der Waals surface area contributed by atoms with Gasteiger partial charge in [0.1, 0.15) is 0 Å². The number of pyridine rings is 1. The molecule has 1 aliphatic heterocycles. The minimum atomic E-state index is -0.785. The summed E-state index contributed by atoms with van der Waals surface area (Å²) in [4.78, 5) is 17.6. The molecule has 1 aromatic heterocycles. The van der Waals surface area contributed by atoms with Crippen LogP contribution in [0.25, 0.3) is 11.3 Å². The van der Waals surface area contributed by atoms with Crippen molar-refractivity contribution >= 4 is 5.97 Å². The van der Waals surface area contributed by atoms with E-state index in [1.165, 1.54) is 0 Å². The highest BCUT2D eigenvalue weighted by molar-refractivity contribution is 5.67. The Morgan fingerprint density at radius 3 is 3.00 bits per heavy atom. The molecular weight excluding hydrogens is 292 g/mol. The van der Waals surface area contributed by atoms with Gasteiger partial charge < -0.3 is 9.84 Å². The summed E-state index contributed by atoms with van der Waals surface area (Å²) in [5, 5.41) is 9.05. The number of carboxylic acids is 1. The molecule has 1 N–H and O–H groups in total. The van der Waals surface area contributed by atoms with Crippen molar-refractivity contribution in [3.63, 3.8) is 0 Å². The topological polar surface area (TPSA) is 62.7 Å². The first kappa shape index (κ1) is 15.6. The van der Waals surface area contributed by atoms with Crippen molar-refractivity contribution in [3.8, 4) is 11.3 Å². The van der Waals surface area contributed by atoms with E-state index in [4.69, 9.17) is 9.84 Å². The number of hydrogen-bond acceptors (Lipinski definition) is 4. The van der Waals surface area contributed by atoms with Crippen LogP contribution in [0.4, 0.5) is 0 Å². The molecule has 1 unspecified atom stereocenters. The fraction of sp³-hybridized carbons (Fsp3) is 0.333. The molecule has 0 spiro atoms. The zero-order valence-electron chi connectivity index (χ0n) is 12.9. The van der Waals surface area contributed by atoms with Gasteiger partial charge in [-0.25, -0.2) is 0 Å². The molecule has 23 heavy (non-hydrogen) atoms. The summed E-state index contributed by atoms with van der Waals surface area (Å²) in [6.07, 6.45) is 1.90. The van der Waals surface area contributed by atoms with Crippen LogP contribution >= 0.6 is 0 Å². The predicted molar refractivity (Wildman–Crippen MR) is 86.9 cm³/mol. The van der Waals surface area contributed by atoms with Crippen LogP contribution in [0.1, 0.15) is 12.0 Å². The first-order valence-corrected chi connectivity index (χ1v) is 7.76. The van der Waals surface area contributed by atoms with Crippen LogP contribution < -0.4 is 0 Å². The van der Waals surface area contributed by atoms with Crippen LogP contribution in [-0.4, -0.2) is 46.8 Å². The Kier molecular flexibility index (Phi) is 5.00. The van der Waals surface area contributed by atoms with Crippen molar-refractivity contribution in [2.75, 3.05) is 19.8 Å². The normalized spacial score (nSPS) is 18.7. The van der Waals surface area contributed by atoms with Crippen LogP contribution in [0.15, 0.2) is 48.7 Å². The van der Waals surface area contributed by atoms with Gasteiger partial charge in [-0.05, 0) is 23.8 Å². The SMILES string of the molecule is O=C(O)CC1COCCN1Cc1cccc(-c2ccccn2)c1. The number of rotatable bonds is 5. The fourth-order valence-electron chi connectivity index (χ4n) is 2.88. The van der Waals surface area contributed by atoms with Crippen molar-refractivity contribution in [1.82, 2.24) is 9.88 Å². The molecule has 1 aliphatic rings. The third-order valence-electron chi connectivity index (χ3n) is 4.03. The van der Waals surface area contributed by atoms with Crippen molar-refractivity contribution < 1.29 is 14.6 Å². The molecule has 2 aromatic rings. The van der Waals surface area contributed by atoms with Crippen LogP contribution in [-0.2, 0) is 16.1 Å². The van der Waals surface area contributed by atoms with Gasteiger partial charge >= 0.3 is 5.97 Å². The van der Waals surface area contributed by atoms with E-state index < -0.39 is 5.97 Å². The molecule has 0 aliphatic carbocycles. The highest BCUT2D eigenvalue weighted by Gasteiger charge is 2.25. The van der Waals surface area contributed by atoms with Crippen molar-refractivity contribution in [2.24, 2.45) is 0 Å². The van der Waals surface area contributed by atoms with Crippen molar-refractivity contribution in [2.45, 2.75) is 19.0 Å². The minimum absolute atomic E-state index is 0.0697. The summed E-state index contributed by atoms with van der Waals surface area (Å²) in [5.74, 6) is -0.785. The maximum absolute atomic E-state index is 11.0. The molecule has 0 radical (unpaired) electrons. The third-order valence-corrected chi connectivity index (χ3v) is 4.03. The number of carbonyl (C=O) groups is 1. The van der Waals surface area contributed by atoms with E-state index in [2.05, 4.69) is 22.0 Å². The van der Waals surface area contributed by atoms with E-state index >= 15 is 0 Å². The molecule has 3 rings (SSSR count). The van der Waals surface area contributed by atoms with E-state index in [1.54, 1.807) is 6.20 Å². The average Bonchev–Trinajstić information content (AvgIpc) is 2.57. The van der Waals surface area contributed by atoms with Gasteiger partial charge in [0.25, 0.3) is 0 Å². The van der Waals surface area contributed by atoms with Crippen LogP contribution in [0.2, 0.25) is 0 Å². The smallest absolute Gasteiger partial charge is 0.305 e. The summed E-state index contributed by atoms with van der Waals surface area (Å²) in [6, 6.07) is 14.0. The molecule has 0 bridgehead atoms. The quantitative estimate of drug-likeness (QED) is 0.918. The summed E-state index contributed by atoms with van der Waals surface area (Å²) in [6.45, 7) is 2.61. The maximum atomic E-state index is 11.0. The van der Waals surface area contributed by atoms with Gasteiger partial charge in [0, 0.05) is 30.9 Å². The van der Waals surface area contributed by atoms with Gasteiger partial charge in [-0.15, -0.1) is 0 Å². The largest absolute Gasteiger partial charge is 0.481 e. The van der Waals surface area contributed by atoms with Crippen molar-refractivity contribution in [1.29, 1.82) is 0 Å². The first-order valence-electron chi connectivity index (χ1n) is 7.76. The molecule has 120 valence electrons. The van der Waals surface area contributed by atoms with Crippen LogP contribution in [0.5, 0.6) is 0 Å². The molecule has 1 fully saturated rings.